The zero-order chi connectivity index (χ0) is 16.9. The molecule has 0 aromatic carbocycles. The van der Waals surface area contributed by atoms with Crippen LogP contribution < -0.4 is 5.73 Å². The third kappa shape index (κ3) is 4.36. The molecule has 0 spiro atoms. The number of carbonyl (C=O) groups is 1. The summed E-state index contributed by atoms with van der Waals surface area (Å²) < 4.78 is 1.98. The van der Waals surface area contributed by atoms with Crippen LogP contribution in [0, 0.1) is 5.92 Å². The van der Waals surface area contributed by atoms with Crippen molar-refractivity contribution < 1.29 is 4.79 Å². The fourth-order valence-electron chi connectivity index (χ4n) is 4.10. The van der Waals surface area contributed by atoms with E-state index in [2.05, 4.69) is 10.00 Å². The van der Waals surface area contributed by atoms with Crippen LogP contribution in [-0.4, -0.2) is 64.3 Å². The Balaban J connectivity index is 1.39. The molecule has 2 atom stereocenters. The van der Waals surface area contributed by atoms with Gasteiger partial charge in [-0.25, -0.2) is 0 Å². The van der Waals surface area contributed by atoms with Gasteiger partial charge in [0.1, 0.15) is 0 Å². The van der Waals surface area contributed by atoms with E-state index in [1.807, 2.05) is 35.1 Å². The van der Waals surface area contributed by atoms with E-state index in [0.717, 1.165) is 51.9 Å². The Morgan fingerprint density at radius 3 is 2.67 bits per heavy atom. The number of nitrogens with two attached hydrogens (primary N) is 1. The molecule has 2 N–H and O–H groups in total. The molecule has 1 saturated carbocycles. The van der Waals surface area contributed by atoms with Crippen molar-refractivity contribution in [3.63, 3.8) is 0 Å². The molecule has 0 bridgehead atoms. The molecule has 24 heavy (non-hydrogen) atoms. The summed E-state index contributed by atoms with van der Waals surface area (Å²) in [5, 5.41) is 4.25. The quantitative estimate of drug-likeness (QED) is 0.853. The number of amides is 1. The second-order valence-electron chi connectivity index (χ2n) is 7.41. The predicted octanol–water partition coefficient (Wildman–Crippen LogP) is 1.32. The van der Waals surface area contributed by atoms with Gasteiger partial charge in [0.2, 0.25) is 5.91 Å². The lowest BCUT2D eigenvalue weighted by Crippen LogP contribution is -2.46. The number of piperidine rings is 1. The zero-order valence-corrected chi connectivity index (χ0v) is 14.8. The second-order valence-corrected chi connectivity index (χ2v) is 7.41. The normalized spacial score (nSPS) is 25.9. The summed E-state index contributed by atoms with van der Waals surface area (Å²) in [6.45, 7) is 4.09. The van der Waals surface area contributed by atoms with Crippen LogP contribution in [0.15, 0.2) is 18.5 Å². The van der Waals surface area contributed by atoms with Crippen LogP contribution in [0.3, 0.4) is 0 Å². The van der Waals surface area contributed by atoms with Gasteiger partial charge in [-0.2, -0.15) is 5.10 Å². The fourth-order valence-corrected chi connectivity index (χ4v) is 4.10. The highest BCUT2D eigenvalue weighted by Gasteiger charge is 2.30. The molecule has 134 valence electrons. The summed E-state index contributed by atoms with van der Waals surface area (Å²) in [5.41, 5.74) is 6.11. The Bertz CT molecular complexity index is 509. The van der Waals surface area contributed by atoms with Crippen molar-refractivity contribution in [1.82, 2.24) is 19.6 Å². The van der Waals surface area contributed by atoms with Crippen LogP contribution in [0.4, 0.5) is 0 Å². The number of rotatable bonds is 6. The molecule has 1 aromatic rings. The lowest BCUT2D eigenvalue weighted by Gasteiger charge is -2.37. The van der Waals surface area contributed by atoms with Crippen LogP contribution in [0.5, 0.6) is 0 Å². The average molecular weight is 333 g/mol. The van der Waals surface area contributed by atoms with Crippen molar-refractivity contribution >= 4 is 5.91 Å². The number of hydrogen-bond donors (Lipinski definition) is 1. The molecule has 0 unspecified atom stereocenters. The first-order valence-corrected chi connectivity index (χ1v) is 9.34. The van der Waals surface area contributed by atoms with Crippen molar-refractivity contribution in [2.75, 3.05) is 26.7 Å². The van der Waals surface area contributed by atoms with Gasteiger partial charge in [-0.15, -0.1) is 0 Å². The van der Waals surface area contributed by atoms with Gasteiger partial charge in [-0.05, 0) is 37.7 Å². The van der Waals surface area contributed by atoms with Gasteiger partial charge < -0.3 is 15.5 Å². The maximum absolute atomic E-state index is 12.6. The first-order chi connectivity index (χ1) is 11.6. The molecular weight excluding hydrogens is 302 g/mol. The Morgan fingerprint density at radius 2 is 2.04 bits per heavy atom. The van der Waals surface area contributed by atoms with Crippen molar-refractivity contribution in [1.29, 1.82) is 0 Å². The highest BCUT2D eigenvalue weighted by Crippen LogP contribution is 2.28. The van der Waals surface area contributed by atoms with Gasteiger partial charge in [0.15, 0.2) is 0 Å². The number of carbonyl (C=O) groups excluding carboxylic acids is 1. The second kappa shape index (κ2) is 8.12. The lowest BCUT2D eigenvalue weighted by molar-refractivity contribution is -0.133. The van der Waals surface area contributed by atoms with Gasteiger partial charge in [0.25, 0.3) is 0 Å². The Labute approximate surface area is 145 Å². The Kier molecular flexibility index (Phi) is 5.89. The minimum absolute atomic E-state index is 0.228. The molecule has 0 radical (unpaired) electrons. The number of nitrogens with zero attached hydrogens (tertiary/aromatic N) is 4. The molecule has 1 amide bonds. The highest BCUT2D eigenvalue weighted by atomic mass is 16.2. The first-order valence-electron chi connectivity index (χ1n) is 9.34. The minimum atomic E-state index is 0.228. The molecule has 2 aliphatic rings. The van der Waals surface area contributed by atoms with Crippen molar-refractivity contribution in [3.8, 4) is 0 Å². The van der Waals surface area contributed by atoms with Gasteiger partial charge in [0.05, 0.1) is 6.54 Å². The summed E-state index contributed by atoms with van der Waals surface area (Å²) in [7, 11) is 1.98. The summed E-state index contributed by atoms with van der Waals surface area (Å²) >= 11 is 0. The fraction of sp³-hybridized carbons (Fsp3) is 0.778. The topological polar surface area (TPSA) is 67.4 Å². The lowest BCUT2D eigenvalue weighted by atomic mass is 9.97. The van der Waals surface area contributed by atoms with Crippen LogP contribution in [0.1, 0.15) is 38.5 Å². The number of hydrogen-bond acceptors (Lipinski definition) is 4. The third-order valence-electron chi connectivity index (χ3n) is 5.86. The van der Waals surface area contributed by atoms with Crippen molar-refractivity contribution in [3.05, 3.63) is 18.5 Å². The Morgan fingerprint density at radius 1 is 1.25 bits per heavy atom. The average Bonchev–Trinajstić information content (AvgIpc) is 3.25. The largest absolute Gasteiger partial charge is 0.343 e. The molecule has 2 heterocycles. The molecule has 1 saturated heterocycles. The molecule has 6 nitrogen and oxygen atoms in total. The molecule has 1 aromatic heterocycles. The van der Waals surface area contributed by atoms with E-state index in [-0.39, 0.29) is 11.9 Å². The van der Waals surface area contributed by atoms with Gasteiger partial charge in [-0.1, -0.05) is 6.42 Å². The van der Waals surface area contributed by atoms with E-state index in [1.165, 1.54) is 6.42 Å². The van der Waals surface area contributed by atoms with Crippen molar-refractivity contribution in [2.45, 2.75) is 57.2 Å². The highest BCUT2D eigenvalue weighted by molar-refractivity contribution is 5.76. The van der Waals surface area contributed by atoms with E-state index < -0.39 is 0 Å². The zero-order valence-electron chi connectivity index (χ0n) is 14.8. The van der Waals surface area contributed by atoms with E-state index in [4.69, 9.17) is 5.73 Å². The summed E-state index contributed by atoms with van der Waals surface area (Å²) in [6.07, 6.45) is 9.98. The van der Waals surface area contributed by atoms with E-state index in [9.17, 15) is 4.79 Å². The third-order valence-corrected chi connectivity index (χ3v) is 5.86. The molecule has 2 fully saturated rings. The van der Waals surface area contributed by atoms with Gasteiger partial charge in [0, 0.05) is 57.6 Å². The van der Waals surface area contributed by atoms with Crippen molar-refractivity contribution in [2.24, 2.45) is 11.7 Å². The number of likely N-dealkylation sites (tertiary alicyclic amines) is 1. The predicted molar refractivity (Wildman–Crippen MR) is 94.4 cm³/mol. The van der Waals surface area contributed by atoms with Crippen LogP contribution in [0.2, 0.25) is 0 Å². The van der Waals surface area contributed by atoms with Gasteiger partial charge >= 0.3 is 0 Å². The molecule has 1 aliphatic carbocycles. The molecule has 3 rings (SSSR count). The summed E-state index contributed by atoms with van der Waals surface area (Å²) in [6, 6.07) is 2.57. The van der Waals surface area contributed by atoms with E-state index in [1.54, 1.807) is 0 Å². The molecular formula is C18H31N5O. The van der Waals surface area contributed by atoms with Gasteiger partial charge in [-0.3, -0.25) is 9.48 Å². The SMILES string of the molecule is CN(C(=O)C[C@@H]1CCC[C@H]1N)C1CCN(CCn2cccn2)CC1. The molecule has 1 aliphatic heterocycles. The van der Waals surface area contributed by atoms with Crippen LogP contribution >= 0.6 is 0 Å². The first kappa shape index (κ1) is 17.4. The molecule has 6 heteroatoms. The monoisotopic (exact) mass is 333 g/mol. The van der Waals surface area contributed by atoms with E-state index >= 15 is 0 Å². The Hall–Kier alpha value is -1.40. The van der Waals surface area contributed by atoms with E-state index in [0.29, 0.717) is 18.4 Å². The minimum Gasteiger partial charge on any atom is -0.343 e. The summed E-state index contributed by atoms with van der Waals surface area (Å²) in [4.78, 5) is 17.0. The smallest absolute Gasteiger partial charge is 0.222 e. The maximum Gasteiger partial charge on any atom is 0.222 e. The van der Waals surface area contributed by atoms with Crippen LogP contribution in [0.25, 0.3) is 0 Å². The summed E-state index contributed by atoms with van der Waals surface area (Å²) in [5.74, 6) is 0.682. The number of aromatic nitrogens is 2. The standard InChI is InChI=1S/C18H31N5O/c1-21(18(24)14-15-4-2-5-17(15)19)16-6-10-22(11-7-16)12-13-23-9-3-8-20-23/h3,8-9,15-17H,2,4-7,10-14,19H2,1H3/t15-,17+/m0/s1. The van der Waals surface area contributed by atoms with Crippen LogP contribution in [-0.2, 0) is 11.3 Å². The maximum atomic E-state index is 12.6.